The first-order chi connectivity index (χ1) is 10.3. The molecule has 0 saturated carbocycles. The van der Waals surface area contributed by atoms with E-state index in [-0.39, 0.29) is 5.56 Å². The minimum atomic E-state index is 0.0633. The van der Waals surface area contributed by atoms with Crippen molar-refractivity contribution in [1.82, 2.24) is 9.88 Å². The summed E-state index contributed by atoms with van der Waals surface area (Å²) < 4.78 is 1.84. The molecule has 0 amide bonds. The van der Waals surface area contributed by atoms with Crippen molar-refractivity contribution in [3.8, 4) is 0 Å². The number of hydrogen-bond acceptors (Lipinski definition) is 3. The Morgan fingerprint density at radius 1 is 1.05 bits per heavy atom. The van der Waals surface area contributed by atoms with Crippen LogP contribution >= 0.6 is 11.3 Å². The quantitative estimate of drug-likeness (QED) is 0.710. The predicted molar refractivity (Wildman–Crippen MR) is 89.1 cm³/mol. The minimum Gasteiger partial charge on any atom is -0.315 e. The van der Waals surface area contributed by atoms with Crippen molar-refractivity contribution in [3.05, 3.63) is 69.1 Å². The minimum absolute atomic E-state index is 0.0633. The third kappa shape index (κ3) is 3.40. The average molecular weight is 298 g/mol. The second-order valence-corrected chi connectivity index (χ2v) is 5.79. The molecule has 3 rings (SSSR count). The zero-order chi connectivity index (χ0) is 14.5. The van der Waals surface area contributed by atoms with Crippen LogP contribution in [0.4, 0.5) is 0 Å². The van der Waals surface area contributed by atoms with E-state index in [2.05, 4.69) is 22.1 Å². The number of rotatable bonds is 6. The van der Waals surface area contributed by atoms with E-state index in [4.69, 9.17) is 0 Å². The van der Waals surface area contributed by atoms with Crippen LogP contribution in [0.25, 0.3) is 10.9 Å². The molecule has 2 heterocycles. The van der Waals surface area contributed by atoms with Gasteiger partial charge in [0.25, 0.3) is 5.56 Å². The lowest BCUT2D eigenvalue weighted by molar-refractivity contribution is 0.599. The van der Waals surface area contributed by atoms with Gasteiger partial charge in [0, 0.05) is 19.2 Å². The highest BCUT2D eigenvalue weighted by Gasteiger charge is 2.01. The van der Waals surface area contributed by atoms with Gasteiger partial charge in [0.2, 0.25) is 0 Å². The zero-order valence-corrected chi connectivity index (χ0v) is 12.6. The first kappa shape index (κ1) is 14.0. The number of pyridine rings is 1. The van der Waals surface area contributed by atoms with Crippen molar-refractivity contribution >= 4 is 22.2 Å². The molecule has 0 fully saturated rings. The lowest BCUT2D eigenvalue weighted by atomic mass is 10.2. The van der Waals surface area contributed by atoms with Gasteiger partial charge in [-0.05, 0) is 52.9 Å². The van der Waals surface area contributed by atoms with E-state index in [1.165, 1.54) is 5.56 Å². The van der Waals surface area contributed by atoms with Crippen LogP contribution in [0.2, 0.25) is 0 Å². The topological polar surface area (TPSA) is 34.0 Å². The summed E-state index contributed by atoms with van der Waals surface area (Å²) in [5.74, 6) is 0. The van der Waals surface area contributed by atoms with Gasteiger partial charge in [-0.2, -0.15) is 11.3 Å². The van der Waals surface area contributed by atoms with E-state index in [0.717, 1.165) is 30.4 Å². The van der Waals surface area contributed by atoms with Crippen LogP contribution in [0.5, 0.6) is 0 Å². The molecule has 3 nitrogen and oxygen atoms in total. The Hall–Kier alpha value is -1.91. The van der Waals surface area contributed by atoms with Gasteiger partial charge in [0.1, 0.15) is 0 Å². The molecule has 2 aromatic heterocycles. The summed E-state index contributed by atoms with van der Waals surface area (Å²) >= 11 is 1.73. The number of aromatic nitrogens is 1. The van der Waals surface area contributed by atoms with E-state index >= 15 is 0 Å². The van der Waals surface area contributed by atoms with E-state index in [1.54, 1.807) is 17.4 Å². The van der Waals surface area contributed by atoms with Crippen LogP contribution in [0.15, 0.2) is 58.0 Å². The van der Waals surface area contributed by atoms with Crippen LogP contribution in [-0.2, 0) is 13.0 Å². The third-order valence-corrected chi connectivity index (χ3v) is 4.31. The molecule has 0 aliphatic heterocycles. The highest BCUT2D eigenvalue weighted by atomic mass is 32.1. The van der Waals surface area contributed by atoms with Gasteiger partial charge >= 0.3 is 0 Å². The van der Waals surface area contributed by atoms with Gasteiger partial charge < -0.3 is 9.88 Å². The largest absolute Gasteiger partial charge is 0.315 e. The first-order valence-corrected chi connectivity index (χ1v) is 8.09. The molecule has 4 heteroatoms. The monoisotopic (exact) mass is 298 g/mol. The van der Waals surface area contributed by atoms with Crippen molar-refractivity contribution in [1.29, 1.82) is 0 Å². The van der Waals surface area contributed by atoms with Crippen LogP contribution in [0.1, 0.15) is 5.56 Å². The molecule has 1 N–H and O–H groups in total. The second-order valence-electron chi connectivity index (χ2n) is 5.01. The Balaban J connectivity index is 1.60. The van der Waals surface area contributed by atoms with Crippen LogP contribution in [-0.4, -0.2) is 17.7 Å². The Kier molecular flexibility index (Phi) is 4.48. The van der Waals surface area contributed by atoms with Gasteiger partial charge in [-0.1, -0.05) is 18.2 Å². The zero-order valence-electron chi connectivity index (χ0n) is 11.8. The normalized spacial score (nSPS) is 11.0. The van der Waals surface area contributed by atoms with Crippen LogP contribution < -0.4 is 10.9 Å². The Morgan fingerprint density at radius 2 is 1.95 bits per heavy atom. The number of para-hydroxylation sites is 1. The highest BCUT2D eigenvalue weighted by molar-refractivity contribution is 7.07. The maximum Gasteiger partial charge on any atom is 0.251 e. The molecule has 0 spiro atoms. The molecule has 0 bridgehead atoms. The fourth-order valence-electron chi connectivity index (χ4n) is 2.46. The molecular weight excluding hydrogens is 280 g/mol. The van der Waals surface area contributed by atoms with E-state index in [1.807, 2.05) is 34.9 Å². The molecule has 0 aliphatic rings. The molecule has 108 valence electrons. The van der Waals surface area contributed by atoms with E-state index < -0.39 is 0 Å². The summed E-state index contributed by atoms with van der Waals surface area (Å²) in [5, 5.41) is 8.80. The van der Waals surface area contributed by atoms with Crippen LogP contribution in [0, 0.1) is 0 Å². The van der Waals surface area contributed by atoms with Gasteiger partial charge in [0.15, 0.2) is 0 Å². The Labute approximate surface area is 127 Å². The number of nitrogens with zero attached hydrogens (tertiary/aromatic N) is 1. The van der Waals surface area contributed by atoms with Crippen molar-refractivity contribution in [2.45, 2.75) is 13.0 Å². The summed E-state index contributed by atoms with van der Waals surface area (Å²) in [5.41, 5.74) is 2.44. The average Bonchev–Trinajstić information content (AvgIpc) is 3.02. The van der Waals surface area contributed by atoms with Crippen molar-refractivity contribution in [3.63, 3.8) is 0 Å². The number of fused-ring (bicyclic) bond motifs is 1. The standard InChI is InChI=1S/C17H18N2OS/c20-17-6-5-15-3-1-2-4-16(15)19(17)11-10-18-9-7-14-8-12-21-13-14/h1-6,8,12-13,18H,7,9-11H2. The summed E-state index contributed by atoms with van der Waals surface area (Å²) in [4.78, 5) is 12.0. The molecule has 0 atom stereocenters. The number of nitrogens with one attached hydrogen (secondary N) is 1. The fourth-order valence-corrected chi connectivity index (χ4v) is 3.16. The van der Waals surface area contributed by atoms with Crippen molar-refractivity contribution in [2.24, 2.45) is 0 Å². The summed E-state index contributed by atoms with van der Waals surface area (Å²) in [6.45, 7) is 2.44. The molecule has 0 radical (unpaired) electrons. The van der Waals surface area contributed by atoms with Gasteiger partial charge in [-0.15, -0.1) is 0 Å². The van der Waals surface area contributed by atoms with Gasteiger partial charge in [-0.3, -0.25) is 4.79 Å². The number of hydrogen-bond donors (Lipinski definition) is 1. The molecular formula is C17H18N2OS. The van der Waals surface area contributed by atoms with Gasteiger partial charge in [0.05, 0.1) is 5.52 Å². The summed E-state index contributed by atoms with van der Waals surface area (Å²) in [6, 6.07) is 13.7. The Morgan fingerprint density at radius 3 is 2.81 bits per heavy atom. The number of benzene rings is 1. The number of thiophene rings is 1. The summed E-state index contributed by atoms with van der Waals surface area (Å²) in [7, 11) is 0. The maximum absolute atomic E-state index is 12.0. The fraction of sp³-hybridized carbons (Fsp3) is 0.235. The maximum atomic E-state index is 12.0. The smallest absolute Gasteiger partial charge is 0.251 e. The summed E-state index contributed by atoms with van der Waals surface area (Å²) in [6.07, 6.45) is 1.04. The molecule has 1 aromatic carbocycles. The van der Waals surface area contributed by atoms with E-state index in [9.17, 15) is 4.79 Å². The van der Waals surface area contributed by atoms with Gasteiger partial charge in [-0.25, -0.2) is 0 Å². The SMILES string of the molecule is O=c1ccc2ccccc2n1CCNCCc1ccsc1. The van der Waals surface area contributed by atoms with Crippen LogP contribution in [0.3, 0.4) is 0 Å². The highest BCUT2D eigenvalue weighted by Crippen LogP contribution is 2.10. The van der Waals surface area contributed by atoms with E-state index in [0.29, 0.717) is 6.54 Å². The molecule has 3 aromatic rings. The molecule has 0 unspecified atom stereocenters. The Bertz CT molecular complexity index is 762. The second kappa shape index (κ2) is 6.70. The third-order valence-electron chi connectivity index (χ3n) is 3.58. The molecule has 0 aliphatic carbocycles. The van der Waals surface area contributed by atoms with Crippen molar-refractivity contribution in [2.75, 3.05) is 13.1 Å². The lowest BCUT2D eigenvalue weighted by Gasteiger charge is -2.10. The first-order valence-electron chi connectivity index (χ1n) is 7.15. The van der Waals surface area contributed by atoms with Crippen molar-refractivity contribution < 1.29 is 0 Å². The lowest BCUT2D eigenvalue weighted by Crippen LogP contribution is -2.27. The molecule has 0 saturated heterocycles. The molecule has 21 heavy (non-hydrogen) atoms. The predicted octanol–water partition coefficient (Wildman–Crippen LogP) is 2.90.